The van der Waals surface area contributed by atoms with E-state index in [1.165, 1.54) is 0 Å². The summed E-state index contributed by atoms with van der Waals surface area (Å²) in [6.45, 7) is 6.54. The molecule has 7 nitrogen and oxygen atoms in total. The minimum atomic E-state index is -0.200. The fraction of sp³-hybridized carbons (Fsp3) is 0.522. The van der Waals surface area contributed by atoms with Crippen LogP contribution in [0.4, 0.5) is 10.6 Å². The first-order valence-corrected chi connectivity index (χ1v) is 11.1. The quantitative estimate of drug-likeness (QED) is 0.822. The summed E-state index contributed by atoms with van der Waals surface area (Å²) in [4.78, 5) is 29.6. The number of amides is 3. The third-order valence-corrected chi connectivity index (χ3v) is 6.25. The van der Waals surface area contributed by atoms with Crippen LogP contribution in [0.25, 0.3) is 5.69 Å². The number of urea groups is 1. The summed E-state index contributed by atoms with van der Waals surface area (Å²) in [5.41, 5.74) is 3.18. The number of carbonyl (C=O) groups is 2. The summed E-state index contributed by atoms with van der Waals surface area (Å²) in [5.74, 6) is 0.583. The maximum atomic E-state index is 13.2. The normalized spacial score (nSPS) is 18.2. The number of benzene rings is 1. The van der Waals surface area contributed by atoms with Gasteiger partial charge in [0.25, 0.3) is 0 Å². The lowest BCUT2D eigenvalue weighted by Crippen LogP contribution is -2.49. The molecule has 1 fully saturated rings. The van der Waals surface area contributed by atoms with Crippen molar-refractivity contribution in [3.05, 3.63) is 41.6 Å². The highest BCUT2D eigenvalue weighted by Gasteiger charge is 2.32. The molecule has 2 aromatic rings. The fourth-order valence-electron chi connectivity index (χ4n) is 4.55. The standard InChI is InChI=1S/C23H31N5O2/c1-3-26(4-2)23(30)27-15-9-10-17(16-27)22(29)24-21-19-13-8-14-20(19)25-28(21)18-11-6-5-7-12-18/h5-7,11-12,17H,3-4,8-10,13-16H2,1-2H3,(H,24,29)/t17-/m1/s1. The minimum absolute atomic E-state index is 0.0150. The first-order chi connectivity index (χ1) is 14.6. The molecule has 0 saturated carbocycles. The van der Waals surface area contributed by atoms with Gasteiger partial charge in [0.1, 0.15) is 5.82 Å². The van der Waals surface area contributed by atoms with Crippen LogP contribution < -0.4 is 5.32 Å². The smallest absolute Gasteiger partial charge is 0.320 e. The Morgan fingerprint density at radius 2 is 1.90 bits per heavy atom. The van der Waals surface area contributed by atoms with E-state index >= 15 is 0 Å². The van der Waals surface area contributed by atoms with Crippen LogP contribution in [0.3, 0.4) is 0 Å². The van der Waals surface area contributed by atoms with Crippen molar-refractivity contribution in [3.63, 3.8) is 0 Å². The van der Waals surface area contributed by atoms with Crippen molar-refractivity contribution in [3.8, 4) is 5.69 Å². The highest BCUT2D eigenvalue weighted by molar-refractivity contribution is 5.93. The molecule has 0 unspecified atom stereocenters. The topological polar surface area (TPSA) is 70.5 Å². The van der Waals surface area contributed by atoms with Crippen molar-refractivity contribution in [2.24, 2.45) is 5.92 Å². The molecule has 3 amide bonds. The average Bonchev–Trinajstić information content (AvgIpc) is 3.38. The summed E-state index contributed by atoms with van der Waals surface area (Å²) < 4.78 is 1.86. The predicted molar refractivity (Wildman–Crippen MR) is 117 cm³/mol. The molecular weight excluding hydrogens is 378 g/mol. The van der Waals surface area contributed by atoms with E-state index in [9.17, 15) is 9.59 Å². The van der Waals surface area contributed by atoms with Gasteiger partial charge in [-0.25, -0.2) is 9.48 Å². The molecular formula is C23H31N5O2. The van der Waals surface area contributed by atoms with E-state index in [-0.39, 0.29) is 17.9 Å². The molecule has 160 valence electrons. The van der Waals surface area contributed by atoms with Crippen LogP contribution in [0.5, 0.6) is 0 Å². The molecule has 1 atom stereocenters. The number of nitrogens with zero attached hydrogens (tertiary/aromatic N) is 4. The van der Waals surface area contributed by atoms with Gasteiger partial charge >= 0.3 is 6.03 Å². The zero-order chi connectivity index (χ0) is 21.1. The number of para-hydroxylation sites is 1. The maximum absolute atomic E-state index is 13.2. The van der Waals surface area contributed by atoms with E-state index in [0.717, 1.165) is 61.4 Å². The second kappa shape index (κ2) is 8.90. The van der Waals surface area contributed by atoms with Gasteiger partial charge < -0.3 is 15.1 Å². The summed E-state index contributed by atoms with van der Waals surface area (Å²) in [6.07, 6.45) is 4.62. The van der Waals surface area contributed by atoms with Crippen LogP contribution in [-0.2, 0) is 17.6 Å². The van der Waals surface area contributed by atoms with Gasteiger partial charge in [-0.2, -0.15) is 5.10 Å². The Kier molecular flexibility index (Phi) is 6.06. The Morgan fingerprint density at radius 1 is 1.13 bits per heavy atom. The molecule has 0 spiro atoms. The van der Waals surface area contributed by atoms with Crippen LogP contribution in [0.15, 0.2) is 30.3 Å². The Labute approximate surface area is 178 Å². The van der Waals surface area contributed by atoms with Crippen molar-refractivity contribution < 1.29 is 9.59 Å². The summed E-state index contributed by atoms with van der Waals surface area (Å²) in [6, 6.07) is 9.97. The second-order valence-corrected chi connectivity index (χ2v) is 8.10. The molecule has 1 N–H and O–H groups in total. The number of fused-ring (bicyclic) bond motifs is 1. The average molecular weight is 410 g/mol. The molecule has 30 heavy (non-hydrogen) atoms. The molecule has 1 aromatic heterocycles. The summed E-state index contributed by atoms with van der Waals surface area (Å²) >= 11 is 0. The van der Waals surface area contributed by atoms with Gasteiger partial charge in [0.15, 0.2) is 0 Å². The van der Waals surface area contributed by atoms with Gasteiger partial charge in [-0.1, -0.05) is 18.2 Å². The fourth-order valence-corrected chi connectivity index (χ4v) is 4.55. The van der Waals surface area contributed by atoms with E-state index in [2.05, 4.69) is 5.32 Å². The lowest BCUT2D eigenvalue weighted by Gasteiger charge is -2.35. The largest absolute Gasteiger partial charge is 0.325 e. The molecule has 7 heteroatoms. The number of anilines is 1. The molecule has 1 saturated heterocycles. The van der Waals surface area contributed by atoms with E-state index < -0.39 is 0 Å². The zero-order valence-corrected chi connectivity index (χ0v) is 17.9. The van der Waals surface area contributed by atoms with Gasteiger partial charge in [-0.05, 0) is 58.1 Å². The number of piperidine rings is 1. The Hall–Kier alpha value is -2.83. The minimum Gasteiger partial charge on any atom is -0.325 e. The molecule has 4 rings (SSSR count). The van der Waals surface area contributed by atoms with Crippen LogP contribution in [0, 0.1) is 5.92 Å². The van der Waals surface area contributed by atoms with Crippen molar-refractivity contribution in [2.75, 3.05) is 31.5 Å². The first kappa shape index (κ1) is 20.4. The van der Waals surface area contributed by atoms with Crippen molar-refractivity contribution in [1.82, 2.24) is 19.6 Å². The lowest BCUT2D eigenvalue weighted by atomic mass is 9.97. The monoisotopic (exact) mass is 409 g/mol. The second-order valence-electron chi connectivity index (χ2n) is 8.10. The van der Waals surface area contributed by atoms with Crippen LogP contribution in [0.1, 0.15) is 44.4 Å². The maximum Gasteiger partial charge on any atom is 0.320 e. The van der Waals surface area contributed by atoms with E-state index in [1.54, 1.807) is 0 Å². The molecule has 1 aliphatic carbocycles. The van der Waals surface area contributed by atoms with E-state index in [0.29, 0.717) is 19.6 Å². The van der Waals surface area contributed by atoms with E-state index in [1.807, 2.05) is 58.7 Å². The highest BCUT2D eigenvalue weighted by atomic mass is 16.2. The number of likely N-dealkylation sites (tertiary alicyclic amines) is 1. The lowest BCUT2D eigenvalue weighted by molar-refractivity contribution is -0.121. The molecule has 0 radical (unpaired) electrons. The van der Waals surface area contributed by atoms with Crippen molar-refractivity contribution in [2.45, 2.75) is 46.0 Å². The molecule has 2 heterocycles. The van der Waals surface area contributed by atoms with Crippen LogP contribution >= 0.6 is 0 Å². The number of nitrogens with one attached hydrogen (secondary N) is 1. The van der Waals surface area contributed by atoms with E-state index in [4.69, 9.17) is 5.10 Å². The van der Waals surface area contributed by atoms with Crippen molar-refractivity contribution in [1.29, 1.82) is 0 Å². The van der Waals surface area contributed by atoms with Gasteiger partial charge in [-0.3, -0.25) is 4.79 Å². The Morgan fingerprint density at radius 3 is 2.63 bits per heavy atom. The predicted octanol–water partition coefficient (Wildman–Crippen LogP) is 3.47. The zero-order valence-electron chi connectivity index (χ0n) is 17.9. The Bertz CT molecular complexity index is 904. The first-order valence-electron chi connectivity index (χ1n) is 11.1. The number of aromatic nitrogens is 2. The SMILES string of the molecule is CCN(CC)C(=O)N1CCC[C@@H](C(=O)Nc2c3c(nn2-c2ccccc2)CCC3)C1. The highest BCUT2D eigenvalue weighted by Crippen LogP contribution is 2.31. The number of carbonyl (C=O) groups excluding carboxylic acids is 2. The molecule has 2 aliphatic rings. The molecule has 0 bridgehead atoms. The number of rotatable bonds is 5. The third kappa shape index (κ3) is 3.93. The number of hydrogen-bond acceptors (Lipinski definition) is 3. The number of aryl methyl sites for hydroxylation is 1. The van der Waals surface area contributed by atoms with Gasteiger partial charge in [-0.15, -0.1) is 0 Å². The molecule has 1 aromatic carbocycles. The van der Waals surface area contributed by atoms with Crippen molar-refractivity contribution >= 4 is 17.8 Å². The molecule has 1 aliphatic heterocycles. The van der Waals surface area contributed by atoms with Crippen LogP contribution in [0.2, 0.25) is 0 Å². The third-order valence-electron chi connectivity index (χ3n) is 6.25. The van der Waals surface area contributed by atoms with Gasteiger partial charge in [0, 0.05) is 31.7 Å². The van der Waals surface area contributed by atoms with Crippen LogP contribution in [-0.4, -0.2) is 57.7 Å². The van der Waals surface area contributed by atoms with Gasteiger partial charge in [0.05, 0.1) is 17.3 Å². The van der Waals surface area contributed by atoms with Gasteiger partial charge in [0.2, 0.25) is 5.91 Å². The summed E-state index contributed by atoms with van der Waals surface area (Å²) in [5, 5.41) is 7.96. The Balaban J connectivity index is 1.52. The summed E-state index contributed by atoms with van der Waals surface area (Å²) in [7, 11) is 0. The number of hydrogen-bond donors (Lipinski definition) is 1.